The molecule has 0 radical (unpaired) electrons. The minimum Gasteiger partial charge on any atom is -0.370 e. The molecule has 2 N–H and O–H groups in total. The SMILES string of the molecule is COC(CN)C(=O)N(C)C1CCCc2ccccc21. The fourth-order valence-corrected chi connectivity index (χ4v) is 2.81. The van der Waals surface area contributed by atoms with Crippen molar-refractivity contribution in [3.8, 4) is 0 Å². The molecule has 0 saturated carbocycles. The van der Waals surface area contributed by atoms with Gasteiger partial charge in [-0.2, -0.15) is 0 Å². The Bertz CT molecular complexity index is 444. The summed E-state index contributed by atoms with van der Waals surface area (Å²) in [5, 5.41) is 0. The number of rotatable bonds is 4. The number of likely N-dealkylation sites (N-methyl/N-ethyl adjacent to an activating group) is 1. The first kappa shape index (κ1) is 14.0. The predicted octanol–water partition coefficient (Wildman–Crippen LogP) is 1.50. The van der Waals surface area contributed by atoms with E-state index in [4.69, 9.17) is 10.5 Å². The molecule has 2 unspecified atom stereocenters. The first-order chi connectivity index (χ1) is 9.19. The first-order valence-electron chi connectivity index (χ1n) is 6.76. The van der Waals surface area contributed by atoms with Crippen molar-refractivity contribution in [3.63, 3.8) is 0 Å². The average Bonchev–Trinajstić information content (AvgIpc) is 2.47. The lowest BCUT2D eigenvalue weighted by atomic mass is 9.87. The molecule has 4 heteroatoms. The number of ether oxygens (including phenoxy) is 1. The number of fused-ring (bicyclic) bond motifs is 1. The van der Waals surface area contributed by atoms with Crippen molar-refractivity contribution in [1.29, 1.82) is 0 Å². The van der Waals surface area contributed by atoms with Crippen LogP contribution in [0.2, 0.25) is 0 Å². The molecular weight excluding hydrogens is 240 g/mol. The number of hydrogen-bond donors (Lipinski definition) is 1. The Kier molecular flexibility index (Phi) is 4.56. The molecule has 0 spiro atoms. The molecule has 2 atom stereocenters. The molecule has 1 aromatic rings. The van der Waals surface area contributed by atoms with Crippen molar-refractivity contribution in [2.45, 2.75) is 31.4 Å². The highest BCUT2D eigenvalue weighted by Gasteiger charge is 2.29. The molecule has 104 valence electrons. The van der Waals surface area contributed by atoms with E-state index in [2.05, 4.69) is 18.2 Å². The fraction of sp³-hybridized carbons (Fsp3) is 0.533. The molecule has 0 aliphatic heterocycles. The topological polar surface area (TPSA) is 55.6 Å². The third kappa shape index (κ3) is 2.80. The third-order valence-electron chi connectivity index (χ3n) is 3.93. The molecule has 19 heavy (non-hydrogen) atoms. The number of benzene rings is 1. The van der Waals surface area contributed by atoms with Crippen LogP contribution in [0.1, 0.15) is 30.0 Å². The van der Waals surface area contributed by atoms with E-state index in [0.717, 1.165) is 19.3 Å². The van der Waals surface area contributed by atoms with Gasteiger partial charge in [0.15, 0.2) is 0 Å². The van der Waals surface area contributed by atoms with Crippen molar-refractivity contribution >= 4 is 5.91 Å². The number of aryl methyl sites for hydroxylation is 1. The molecule has 1 aliphatic rings. The van der Waals surface area contributed by atoms with Gasteiger partial charge >= 0.3 is 0 Å². The Morgan fingerprint density at radius 1 is 1.53 bits per heavy atom. The molecule has 0 aromatic heterocycles. The van der Waals surface area contributed by atoms with Crippen LogP contribution >= 0.6 is 0 Å². The molecule has 1 aliphatic carbocycles. The van der Waals surface area contributed by atoms with Crippen LogP contribution in [0.5, 0.6) is 0 Å². The van der Waals surface area contributed by atoms with Gasteiger partial charge in [-0.05, 0) is 30.4 Å². The van der Waals surface area contributed by atoms with Crippen LogP contribution in [0, 0.1) is 0 Å². The molecule has 0 bridgehead atoms. The fourth-order valence-electron chi connectivity index (χ4n) is 2.81. The van der Waals surface area contributed by atoms with E-state index in [-0.39, 0.29) is 18.5 Å². The first-order valence-corrected chi connectivity index (χ1v) is 6.76. The van der Waals surface area contributed by atoms with Crippen LogP contribution in [0.4, 0.5) is 0 Å². The maximum absolute atomic E-state index is 12.3. The largest absolute Gasteiger partial charge is 0.370 e. The maximum Gasteiger partial charge on any atom is 0.253 e. The lowest BCUT2D eigenvalue weighted by Gasteiger charge is -2.34. The molecular formula is C15H22N2O2. The Hall–Kier alpha value is -1.39. The summed E-state index contributed by atoms with van der Waals surface area (Å²) in [4.78, 5) is 14.1. The normalized spacial score (nSPS) is 19.6. The van der Waals surface area contributed by atoms with Crippen molar-refractivity contribution < 1.29 is 9.53 Å². The molecule has 1 aromatic carbocycles. The van der Waals surface area contributed by atoms with E-state index < -0.39 is 6.10 Å². The second kappa shape index (κ2) is 6.17. The zero-order valence-corrected chi connectivity index (χ0v) is 11.6. The predicted molar refractivity (Wildman–Crippen MR) is 74.7 cm³/mol. The summed E-state index contributed by atoms with van der Waals surface area (Å²) >= 11 is 0. The van der Waals surface area contributed by atoms with E-state index in [1.165, 1.54) is 18.2 Å². The molecule has 0 fully saturated rings. The van der Waals surface area contributed by atoms with Gasteiger partial charge in [0.25, 0.3) is 5.91 Å². The second-order valence-corrected chi connectivity index (χ2v) is 5.02. The maximum atomic E-state index is 12.3. The molecule has 0 saturated heterocycles. The van der Waals surface area contributed by atoms with E-state index in [9.17, 15) is 4.79 Å². The summed E-state index contributed by atoms with van der Waals surface area (Å²) in [7, 11) is 3.37. The molecule has 4 nitrogen and oxygen atoms in total. The summed E-state index contributed by atoms with van der Waals surface area (Å²) in [6, 6.07) is 8.50. The average molecular weight is 262 g/mol. The standard InChI is InChI=1S/C15H22N2O2/c1-17(15(18)14(10-16)19-2)13-9-5-7-11-6-3-4-8-12(11)13/h3-4,6,8,13-14H,5,7,9-10,16H2,1-2H3. The summed E-state index contributed by atoms with van der Waals surface area (Å²) in [5.41, 5.74) is 8.18. The smallest absolute Gasteiger partial charge is 0.253 e. The van der Waals surface area contributed by atoms with Crippen molar-refractivity contribution in [3.05, 3.63) is 35.4 Å². The van der Waals surface area contributed by atoms with Crippen LogP contribution in [0.15, 0.2) is 24.3 Å². The van der Waals surface area contributed by atoms with Gasteiger partial charge in [-0.25, -0.2) is 0 Å². The number of carbonyl (C=O) groups is 1. The quantitative estimate of drug-likeness (QED) is 0.894. The molecule has 2 rings (SSSR count). The Morgan fingerprint density at radius 2 is 2.26 bits per heavy atom. The highest BCUT2D eigenvalue weighted by atomic mass is 16.5. The van der Waals surface area contributed by atoms with Crippen molar-refractivity contribution in [1.82, 2.24) is 4.90 Å². The molecule has 0 heterocycles. The number of hydrogen-bond acceptors (Lipinski definition) is 3. The monoisotopic (exact) mass is 262 g/mol. The Labute approximate surface area is 114 Å². The second-order valence-electron chi connectivity index (χ2n) is 5.02. The van der Waals surface area contributed by atoms with Crippen molar-refractivity contribution in [2.24, 2.45) is 5.73 Å². The van der Waals surface area contributed by atoms with Crippen LogP contribution in [-0.4, -0.2) is 37.6 Å². The molecule has 1 amide bonds. The van der Waals surface area contributed by atoms with E-state index >= 15 is 0 Å². The van der Waals surface area contributed by atoms with Gasteiger partial charge in [-0.1, -0.05) is 24.3 Å². The zero-order valence-electron chi connectivity index (χ0n) is 11.6. The third-order valence-corrected chi connectivity index (χ3v) is 3.93. The minimum atomic E-state index is -0.543. The highest BCUT2D eigenvalue weighted by molar-refractivity contribution is 5.81. The highest BCUT2D eigenvalue weighted by Crippen LogP contribution is 2.33. The van der Waals surface area contributed by atoms with Gasteiger partial charge in [-0.15, -0.1) is 0 Å². The summed E-state index contributed by atoms with van der Waals surface area (Å²) < 4.78 is 5.14. The van der Waals surface area contributed by atoms with Crippen molar-refractivity contribution in [2.75, 3.05) is 20.7 Å². The van der Waals surface area contributed by atoms with E-state index in [0.29, 0.717) is 0 Å². The number of methoxy groups -OCH3 is 1. The van der Waals surface area contributed by atoms with E-state index in [1.54, 1.807) is 4.90 Å². The number of nitrogens with two attached hydrogens (primary N) is 1. The lowest BCUT2D eigenvalue weighted by Crippen LogP contribution is -2.44. The minimum absolute atomic E-state index is 0.0355. The number of carbonyl (C=O) groups excluding carboxylic acids is 1. The summed E-state index contributed by atoms with van der Waals surface area (Å²) in [5.74, 6) is -0.0355. The lowest BCUT2D eigenvalue weighted by molar-refractivity contribution is -0.142. The Balaban J connectivity index is 2.21. The van der Waals surface area contributed by atoms with Crippen LogP contribution in [0.3, 0.4) is 0 Å². The van der Waals surface area contributed by atoms with Gasteiger partial charge in [0.05, 0.1) is 6.04 Å². The zero-order chi connectivity index (χ0) is 13.8. The Morgan fingerprint density at radius 3 is 2.95 bits per heavy atom. The van der Waals surface area contributed by atoms with Crippen LogP contribution in [0.25, 0.3) is 0 Å². The van der Waals surface area contributed by atoms with Gasteiger partial charge < -0.3 is 15.4 Å². The summed E-state index contributed by atoms with van der Waals surface area (Å²) in [6.07, 6.45) is 2.66. The number of amides is 1. The van der Waals surface area contributed by atoms with Gasteiger partial charge in [0.2, 0.25) is 0 Å². The van der Waals surface area contributed by atoms with Gasteiger partial charge in [0.1, 0.15) is 6.10 Å². The van der Waals surface area contributed by atoms with Gasteiger partial charge in [-0.3, -0.25) is 4.79 Å². The van der Waals surface area contributed by atoms with Crippen LogP contribution in [-0.2, 0) is 16.0 Å². The van der Waals surface area contributed by atoms with E-state index in [1.807, 2.05) is 13.1 Å². The summed E-state index contributed by atoms with van der Waals surface area (Å²) in [6.45, 7) is 0.216. The van der Waals surface area contributed by atoms with Crippen LogP contribution < -0.4 is 5.73 Å². The number of nitrogens with zero attached hydrogens (tertiary/aromatic N) is 1. The van der Waals surface area contributed by atoms with Gasteiger partial charge in [0, 0.05) is 20.7 Å².